The van der Waals surface area contributed by atoms with Gasteiger partial charge in [0.1, 0.15) is 22.2 Å². The summed E-state index contributed by atoms with van der Waals surface area (Å²) in [6.07, 6.45) is -1.42. The molecule has 1 atom stereocenters. The van der Waals surface area contributed by atoms with Gasteiger partial charge in [-0.15, -0.1) is 11.3 Å². The van der Waals surface area contributed by atoms with E-state index in [1.807, 2.05) is 6.07 Å². The monoisotopic (exact) mass is 554 g/mol. The zero-order valence-electron chi connectivity index (χ0n) is 22.1. The Bertz CT molecular complexity index is 1290. The highest BCUT2D eigenvalue weighted by molar-refractivity contribution is 7.09. The highest BCUT2D eigenvalue weighted by Gasteiger charge is 2.41. The summed E-state index contributed by atoms with van der Waals surface area (Å²) in [5.74, 6) is -1.86. The molecule has 0 aliphatic carbocycles. The smallest absolute Gasteiger partial charge is 0.407 e. The van der Waals surface area contributed by atoms with Crippen LogP contribution in [0, 0.1) is 17.9 Å². The van der Waals surface area contributed by atoms with Crippen LogP contribution in [0.3, 0.4) is 0 Å². The highest BCUT2D eigenvalue weighted by atomic mass is 32.1. The lowest BCUT2D eigenvalue weighted by molar-refractivity contribution is -0.155. The van der Waals surface area contributed by atoms with Crippen molar-refractivity contribution in [2.75, 3.05) is 13.7 Å². The largest absolute Gasteiger partial charge is 0.460 e. The van der Waals surface area contributed by atoms with Gasteiger partial charge in [0.2, 0.25) is 11.8 Å². The zero-order valence-corrected chi connectivity index (χ0v) is 22.9. The maximum atomic E-state index is 13.6. The van der Waals surface area contributed by atoms with Gasteiger partial charge in [-0.3, -0.25) is 14.4 Å². The summed E-state index contributed by atoms with van der Waals surface area (Å²) in [6.45, 7) is 12.0. The van der Waals surface area contributed by atoms with E-state index in [-0.39, 0.29) is 31.5 Å². The Balaban J connectivity index is 2.26. The zero-order chi connectivity index (χ0) is 29.1. The summed E-state index contributed by atoms with van der Waals surface area (Å²) >= 11 is 1.21. The van der Waals surface area contributed by atoms with Gasteiger partial charge < -0.3 is 25.4 Å². The molecule has 1 heterocycles. The second-order valence-electron chi connectivity index (χ2n) is 9.44. The van der Waals surface area contributed by atoms with Crippen LogP contribution in [0.4, 0.5) is 10.5 Å². The predicted octanol–water partition coefficient (Wildman–Crippen LogP) is 2.76. The molecule has 0 saturated heterocycles. The van der Waals surface area contributed by atoms with Crippen molar-refractivity contribution in [3.63, 3.8) is 0 Å². The Morgan fingerprint density at radius 1 is 1.21 bits per heavy atom. The molecule has 0 spiro atoms. The van der Waals surface area contributed by atoms with Crippen molar-refractivity contribution in [2.45, 2.75) is 57.7 Å². The number of benzene rings is 1. The minimum atomic E-state index is -1.72. The summed E-state index contributed by atoms with van der Waals surface area (Å²) in [4.78, 5) is 58.3. The van der Waals surface area contributed by atoms with E-state index in [2.05, 4.69) is 25.8 Å². The van der Waals surface area contributed by atoms with Gasteiger partial charge in [0, 0.05) is 18.2 Å². The number of aromatic nitrogens is 1. The maximum absolute atomic E-state index is 13.6. The number of carbonyl (C=O) groups excluding carboxylic acids is 4. The number of nitriles is 1. The number of esters is 1. The average molecular weight is 555 g/mol. The first-order chi connectivity index (χ1) is 18.4. The molecule has 1 unspecified atom stereocenters. The molecule has 1 aromatic heterocycles. The Hall–Kier alpha value is -4.49. The van der Waals surface area contributed by atoms with Crippen LogP contribution in [-0.2, 0) is 36.8 Å². The third-order valence-electron chi connectivity index (χ3n) is 5.20. The number of carbonyl (C=O) groups is 4. The first-order valence-electron chi connectivity index (χ1n) is 11.8. The van der Waals surface area contributed by atoms with E-state index in [9.17, 15) is 19.2 Å². The van der Waals surface area contributed by atoms with Gasteiger partial charge >= 0.3 is 12.1 Å². The number of nitrogens with one attached hydrogen (secondary N) is 3. The second-order valence-corrected chi connectivity index (χ2v) is 10.4. The number of thiazole rings is 1. The van der Waals surface area contributed by atoms with E-state index in [0.717, 1.165) is 7.11 Å². The quantitative estimate of drug-likeness (QED) is 0.282. The van der Waals surface area contributed by atoms with Crippen LogP contribution in [-0.4, -0.2) is 53.7 Å². The fraction of sp³-hybridized carbons (Fsp3) is 0.423. The Morgan fingerprint density at radius 3 is 2.56 bits per heavy atom. The Morgan fingerprint density at radius 2 is 1.95 bits per heavy atom. The van der Waals surface area contributed by atoms with E-state index in [1.165, 1.54) is 11.3 Å². The summed E-state index contributed by atoms with van der Waals surface area (Å²) < 4.78 is 10.1. The fourth-order valence-corrected chi connectivity index (χ4v) is 4.15. The highest BCUT2D eigenvalue weighted by Crippen LogP contribution is 2.25. The van der Waals surface area contributed by atoms with Gasteiger partial charge in [0.15, 0.2) is 11.4 Å². The van der Waals surface area contributed by atoms with Crippen LogP contribution >= 0.6 is 11.3 Å². The molecule has 3 N–H and O–H groups in total. The molecule has 2 aromatic rings. The third-order valence-corrected chi connectivity index (χ3v) is 6.04. The minimum Gasteiger partial charge on any atom is -0.460 e. The standard InChI is InChI=1S/C26H30N6O6S/c1-25(2,3)38-22(34)9-10-26(32-24(36)37-5,12-17-7-6-8-18(11-17)28-4)23(35)30-14-20(33)29-15-21-31-19(13-27)16-39-21/h6-8,11,16H,9-10,12,14-15H2,1-3,5H3,(H,29,33)(H,30,35)(H,32,36). The number of alkyl carbamates (subject to hydrolysis) is 1. The first kappa shape index (κ1) is 30.7. The van der Waals surface area contributed by atoms with Crippen LogP contribution < -0.4 is 16.0 Å². The van der Waals surface area contributed by atoms with E-state index >= 15 is 0 Å². The van der Waals surface area contributed by atoms with Crippen LogP contribution in [0.25, 0.3) is 4.85 Å². The molecule has 12 nitrogen and oxygen atoms in total. The molecule has 39 heavy (non-hydrogen) atoms. The molecule has 206 valence electrons. The lowest BCUT2D eigenvalue weighted by atomic mass is 9.85. The van der Waals surface area contributed by atoms with Gasteiger partial charge in [-0.1, -0.05) is 29.8 Å². The lowest BCUT2D eigenvalue weighted by Gasteiger charge is -2.33. The predicted molar refractivity (Wildman–Crippen MR) is 141 cm³/mol. The van der Waals surface area contributed by atoms with Gasteiger partial charge in [-0.05, 0) is 27.2 Å². The van der Waals surface area contributed by atoms with Crippen LogP contribution in [0.2, 0.25) is 0 Å². The van der Waals surface area contributed by atoms with Gasteiger partial charge in [0.05, 0.1) is 26.8 Å². The SMILES string of the molecule is [C-]#[N+]c1cccc(CC(CCC(=O)OC(C)(C)C)(NC(=O)OC)C(=O)NCC(=O)NCc2nc(C#N)cs2)c1. The number of hydrogen-bond donors (Lipinski definition) is 3. The van der Waals surface area contributed by atoms with Crippen molar-refractivity contribution in [1.82, 2.24) is 20.9 Å². The van der Waals surface area contributed by atoms with Gasteiger partial charge in [0.25, 0.3) is 0 Å². The molecule has 0 saturated carbocycles. The average Bonchev–Trinajstić information content (AvgIpc) is 3.36. The van der Waals surface area contributed by atoms with Crippen molar-refractivity contribution in [3.8, 4) is 6.07 Å². The molecule has 2 rings (SSSR count). The van der Waals surface area contributed by atoms with Crippen molar-refractivity contribution in [1.29, 1.82) is 5.26 Å². The number of amides is 3. The summed E-state index contributed by atoms with van der Waals surface area (Å²) in [5, 5.41) is 18.6. The van der Waals surface area contributed by atoms with Crippen molar-refractivity contribution in [3.05, 3.63) is 57.3 Å². The molecule has 3 amide bonds. The molecule has 13 heteroatoms. The summed E-state index contributed by atoms with van der Waals surface area (Å²) in [5.41, 5.74) is -1.37. The number of rotatable bonds is 11. The molecule has 0 bridgehead atoms. The van der Waals surface area contributed by atoms with Gasteiger partial charge in [-0.2, -0.15) is 5.26 Å². The van der Waals surface area contributed by atoms with E-state index in [4.69, 9.17) is 21.3 Å². The lowest BCUT2D eigenvalue weighted by Crippen LogP contribution is -2.61. The summed E-state index contributed by atoms with van der Waals surface area (Å²) in [7, 11) is 1.13. The Kier molecular flexibility index (Phi) is 10.9. The maximum Gasteiger partial charge on any atom is 0.407 e. The van der Waals surface area contributed by atoms with Crippen molar-refractivity contribution in [2.24, 2.45) is 0 Å². The van der Waals surface area contributed by atoms with Gasteiger partial charge in [-0.25, -0.2) is 14.6 Å². The first-order valence-corrected chi connectivity index (χ1v) is 12.7. The molecule has 1 aromatic carbocycles. The van der Waals surface area contributed by atoms with Crippen LogP contribution in [0.5, 0.6) is 0 Å². The number of methoxy groups -OCH3 is 1. The van der Waals surface area contributed by atoms with E-state index in [0.29, 0.717) is 16.3 Å². The molecule has 0 aliphatic heterocycles. The fourth-order valence-electron chi connectivity index (χ4n) is 3.49. The molecule has 0 radical (unpaired) electrons. The summed E-state index contributed by atoms with van der Waals surface area (Å²) in [6, 6.07) is 8.39. The number of nitrogens with zero attached hydrogens (tertiary/aromatic N) is 3. The molecular weight excluding hydrogens is 524 g/mol. The minimum absolute atomic E-state index is 0.0642. The van der Waals surface area contributed by atoms with E-state index < -0.39 is 41.6 Å². The topological polar surface area (TPSA) is 164 Å². The van der Waals surface area contributed by atoms with E-state index in [1.54, 1.807) is 50.4 Å². The van der Waals surface area contributed by atoms with Crippen LogP contribution in [0.1, 0.15) is 49.9 Å². The van der Waals surface area contributed by atoms with Crippen LogP contribution in [0.15, 0.2) is 29.6 Å². The molecule has 0 fully saturated rings. The normalized spacial score (nSPS) is 12.2. The van der Waals surface area contributed by atoms with Crippen molar-refractivity contribution >= 4 is 40.9 Å². The Labute approximate surface area is 230 Å². The molecule has 0 aliphatic rings. The second kappa shape index (κ2) is 13.9. The molecular formula is C26H30N6O6S. The van der Waals surface area contributed by atoms with Crippen molar-refractivity contribution < 1.29 is 28.7 Å². The number of hydrogen-bond acceptors (Lipinski definition) is 9. The number of ether oxygens (including phenoxy) is 2. The third kappa shape index (κ3) is 10.1.